The second kappa shape index (κ2) is 5.87. The van der Waals surface area contributed by atoms with E-state index in [2.05, 4.69) is 15.5 Å². The molecule has 0 saturated carbocycles. The van der Waals surface area contributed by atoms with Crippen LogP contribution in [-0.4, -0.2) is 26.5 Å². The average molecular weight is 273 g/mol. The van der Waals surface area contributed by atoms with Gasteiger partial charge in [0.05, 0.1) is 6.33 Å². The van der Waals surface area contributed by atoms with Crippen LogP contribution in [-0.2, 0) is 7.05 Å². The maximum absolute atomic E-state index is 12.1. The molecule has 2 rings (SSSR count). The van der Waals surface area contributed by atoms with Crippen LogP contribution in [0.3, 0.4) is 0 Å². The molecule has 0 aliphatic rings. The molecule has 0 aliphatic carbocycles. The first-order valence-electron chi connectivity index (χ1n) is 5.93. The number of nitrogens with zero attached hydrogens (tertiary/aromatic N) is 3. The molecule has 2 aromatic rings. The topological polar surface area (TPSA) is 106 Å². The number of aromatic nitrogens is 2. The Morgan fingerprint density at radius 3 is 2.70 bits per heavy atom. The van der Waals surface area contributed by atoms with Crippen molar-refractivity contribution < 1.29 is 10.0 Å². The third-order valence-corrected chi connectivity index (χ3v) is 2.76. The van der Waals surface area contributed by atoms with Gasteiger partial charge in [0.1, 0.15) is 11.7 Å². The van der Waals surface area contributed by atoms with Gasteiger partial charge < -0.3 is 20.8 Å². The van der Waals surface area contributed by atoms with E-state index >= 15 is 0 Å². The number of nitrogens with one attached hydrogen (secondary N) is 1. The van der Waals surface area contributed by atoms with Crippen LogP contribution in [0.1, 0.15) is 22.1 Å². The second-order valence-corrected chi connectivity index (χ2v) is 4.27. The maximum atomic E-state index is 12.1. The number of hydrogen-bond acceptors (Lipinski definition) is 4. The lowest BCUT2D eigenvalue weighted by molar-refractivity contribution is 0.0941. The standard InChI is InChI=1S/C13H15N5O2/c1-18-7-10(15-8-18)13(19)16-11(12(14)17-20)9-5-3-2-4-6-9/h2-8,11,20H,1H3,(H2,14,17)(H,16,19). The lowest BCUT2D eigenvalue weighted by Crippen LogP contribution is -2.37. The number of nitrogens with two attached hydrogens (primary N) is 1. The van der Waals surface area contributed by atoms with Gasteiger partial charge in [0.15, 0.2) is 5.84 Å². The Morgan fingerprint density at radius 1 is 1.45 bits per heavy atom. The predicted molar refractivity (Wildman–Crippen MR) is 73.3 cm³/mol. The molecule has 1 atom stereocenters. The van der Waals surface area contributed by atoms with Crippen LogP contribution in [0.15, 0.2) is 48.0 Å². The lowest BCUT2D eigenvalue weighted by atomic mass is 10.1. The Labute approximate surface area is 115 Å². The third kappa shape index (κ3) is 2.94. The Morgan fingerprint density at radius 2 is 2.15 bits per heavy atom. The molecule has 7 heteroatoms. The van der Waals surface area contributed by atoms with Gasteiger partial charge in [0.2, 0.25) is 0 Å². The van der Waals surface area contributed by atoms with E-state index in [1.807, 2.05) is 6.07 Å². The van der Waals surface area contributed by atoms with Crippen LogP contribution in [0.4, 0.5) is 0 Å². The summed E-state index contributed by atoms with van der Waals surface area (Å²) in [6, 6.07) is 8.30. The summed E-state index contributed by atoms with van der Waals surface area (Å²) in [6.07, 6.45) is 3.11. The number of carbonyl (C=O) groups excluding carboxylic acids is 1. The molecule has 0 fully saturated rings. The molecule has 7 nitrogen and oxygen atoms in total. The van der Waals surface area contributed by atoms with Crippen LogP contribution < -0.4 is 11.1 Å². The summed E-state index contributed by atoms with van der Waals surface area (Å²) < 4.78 is 1.66. The molecule has 1 aromatic carbocycles. The predicted octanol–water partition coefficient (Wildman–Crippen LogP) is 0.638. The highest BCUT2D eigenvalue weighted by Crippen LogP contribution is 2.13. The number of rotatable bonds is 4. The van der Waals surface area contributed by atoms with Gasteiger partial charge in [-0.25, -0.2) is 4.98 Å². The number of aryl methyl sites for hydroxylation is 1. The highest BCUT2D eigenvalue weighted by Gasteiger charge is 2.20. The molecule has 1 amide bonds. The summed E-state index contributed by atoms with van der Waals surface area (Å²) in [5.41, 5.74) is 6.62. The van der Waals surface area contributed by atoms with Crippen molar-refractivity contribution in [2.75, 3.05) is 0 Å². The van der Waals surface area contributed by atoms with Crippen molar-refractivity contribution in [1.82, 2.24) is 14.9 Å². The third-order valence-electron chi connectivity index (χ3n) is 2.76. The molecule has 1 heterocycles. The summed E-state index contributed by atoms with van der Waals surface area (Å²) in [6.45, 7) is 0. The van der Waals surface area contributed by atoms with Crippen molar-refractivity contribution in [1.29, 1.82) is 0 Å². The molecular formula is C13H15N5O2. The molecule has 4 N–H and O–H groups in total. The minimum Gasteiger partial charge on any atom is -0.409 e. The summed E-state index contributed by atoms with van der Waals surface area (Å²) >= 11 is 0. The van der Waals surface area contributed by atoms with Crippen LogP contribution in [0.25, 0.3) is 0 Å². The van der Waals surface area contributed by atoms with Crippen LogP contribution in [0.5, 0.6) is 0 Å². The highest BCUT2D eigenvalue weighted by molar-refractivity contribution is 5.97. The van der Waals surface area contributed by atoms with Crippen molar-refractivity contribution in [3.8, 4) is 0 Å². The van der Waals surface area contributed by atoms with Crippen molar-refractivity contribution in [3.63, 3.8) is 0 Å². The smallest absolute Gasteiger partial charge is 0.272 e. The largest absolute Gasteiger partial charge is 0.409 e. The zero-order valence-corrected chi connectivity index (χ0v) is 10.9. The number of oxime groups is 1. The summed E-state index contributed by atoms with van der Waals surface area (Å²) in [7, 11) is 1.77. The Balaban J connectivity index is 2.23. The molecule has 1 unspecified atom stereocenters. The maximum Gasteiger partial charge on any atom is 0.272 e. The minimum absolute atomic E-state index is 0.0968. The highest BCUT2D eigenvalue weighted by atomic mass is 16.4. The Hall–Kier alpha value is -2.83. The monoisotopic (exact) mass is 273 g/mol. The van der Waals surface area contributed by atoms with Gasteiger partial charge in [-0.3, -0.25) is 4.79 Å². The average Bonchev–Trinajstić information content (AvgIpc) is 2.91. The Kier molecular flexibility index (Phi) is 3.99. The molecule has 0 radical (unpaired) electrons. The molecule has 1 aromatic heterocycles. The van der Waals surface area contributed by atoms with E-state index in [1.54, 1.807) is 42.1 Å². The fourth-order valence-corrected chi connectivity index (χ4v) is 1.77. The first-order valence-corrected chi connectivity index (χ1v) is 5.93. The van der Waals surface area contributed by atoms with Gasteiger partial charge >= 0.3 is 0 Å². The summed E-state index contributed by atoms with van der Waals surface area (Å²) in [5, 5.41) is 14.5. The van der Waals surface area contributed by atoms with E-state index in [1.165, 1.54) is 6.33 Å². The molecular weight excluding hydrogens is 258 g/mol. The fraction of sp³-hybridized carbons (Fsp3) is 0.154. The summed E-state index contributed by atoms with van der Waals surface area (Å²) in [5.74, 6) is -0.494. The fourth-order valence-electron chi connectivity index (χ4n) is 1.77. The SMILES string of the molecule is Cn1cnc(C(=O)NC(/C(N)=N/O)c2ccccc2)c1. The van der Waals surface area contributed by atoms with E-state index in [-0.39, 0.29) is 11.5 Å². The van der Waals surface area contributed by atoms with E-state index < -0.39 is 11.9 Å². The van der Waals surface area contributed by atoms with Gasteiger partial charge in [-0.05, 0) is 5.56 Å². The van der Waals surface area contributed by atoms with Gasteiger partial charge in [-0.15, -0.1) is 0 Å². The lowest BCUT2D eigenvalue weighted by Gasteiger charge is -2.17. The van der Waals surface area contributed by atoms with Crippen molar-refractivity contribution in [2.24, 2.45) is 17.9 Å². The van der Waals surface area contributed by atoms with Crippen molar-refractivity contribution in [3.05, 3.63) is 54.1 Å². The molecule has 0 spiro atoms. The normalized spacial score (nSPS) is 12.9. The van der Waals surface area contributed by atoms with Gasteiger partial charge in [-0.1, -0.05) is 35.5 Å². The first kappa shape index (κ1) is 13.6. The number of benzene rings is 1. The molecule has 0 saturated heterocycles. The van der Waals surface area contributed by atoms with Crippen molar-refractivity contribution in [2.45, 2.75) is 6.04 Å². The van der Waals surface area contributed by atoms with Gasteiger partial charge in [0.25, 0.3) is 5.91 Å². The molecule has 0 aliphatic heterocycles. The van der Waals surface area contributed by atoms with Crippen LogP contribution in [0.2, 0.25) is 0 Å². The molecule has 104 valence electrons. The van der Waals surface area contributed by atoms with Crippen molar-refractivity contribution >= 4 is 11.7 Å². The second-order valence-electron chi connectivity index (χ2n) is 4.27. The van der Waals surface area contributed by atoms with Crippen LogP contribution >= 0.6 is 0 Å². The van der Waals surface area contributed by atoms with E-state index in [0.29, 0.717) is 5.56 Å². The van der Waals surface area contributed by atoms with E-state index in [0.717, 1.165) is 0 Å². The van der Waals surface area contributed by atoms with Crippen LogP contribution in [0, 0.1) is 0 Å². The number of carbonyl (C=O) groups is 1. The summed E-state index contributed by atoms with van der Waals surface area (Å²) in [4.78, 5) is 16.0. The number of amidine groups is 1. The van der Waals surface area contributed by atoms with Gasteiger partial charge in [-0.2, -0.15) is 0 Å². The van der Waals surface area contributed by atoms with E-state index in [4.69, 9.17) is 10.9 Å². The first-order chi connectivity index (χ1) is 9.61. The number of amides is 1. The Bertz CT molecular complexity index is 621. The quantitative estimate of drug-likeness (QED) is 0.329. The van der Waals surface area contributed by atoms with Gasteiger partial charge in [0, 0.05) is 13.2 Å². The minimum atomic E-state index is -0.712. The number of imidazole rings is 1. The number of hydrogen-bond donors (Lipinski definition) is 3. The zero-order chi connectivity index (χ0) is 14.5. The molecule has 0 bridgehead atoms. The zero-order valence-electron chi connectivity index (χ0n) is 10.9. The molecule has 20 heavy (non-hydrogen) atoms. The van der Waals surface area contributed by atoms with E-state index in [9.17, 15) is 4.79 Å².